The Morgan fingerprint density at radius 2 is 1.90 bits per heavy atom. The van der Waals surface area contributed by atoms with Crippen LogP contribution in [-0.2, 0) is 9.53 Å². The van der Waals surface area contributed by atoms with Crippen molar-refractivity contribution in [2.24, 2.45) is 0 Å². The Labute approximate surface area is 129 Å². The molecule has 0 saturated carbocycles. The number of aliphatic carboxylic acids is 1. The minimum Gasteiger partial charge on any atom is -0.480 e. The molecule has 2 heterocycles. The van der Waals surface area contributed by atoms with Gasteiger partial charge in [-0.1, -0.05) is 6.92 Å². The van der Waals surface area contributed by atoms with Crippen LogP contribution in [0.15, 0.2) is 0 Å². The van der Waals surface area contributed by atoms with E-state index in [1.165, 1.54) is 0 Å². The van der Waals surface area contributed by atoms with Crippen LogP contribution in [-0.4, -0.2) is 76.3 Å². The van der Waals surface area contributed by atoms with Crippen LogP contribution in [0.2, 0.25) is 0 Å². The van der Waals surface area contributed by atoms with E-state index in [0.717, 1.165) is 12.3 Å². The van der Waals surface area contributed by atoms with Gasteiger partial charge in [0.25, 0.3) is 0 Å². The van der Waals surface area contributed by atoms with Gasteiger partial charge < -0.3 is 19.6 Å². The van der Waals surface area contributed by atoms with Crippen molar-refractivity contribution < 1.29 is 19.4 Å². The first-order valence-corrected chi connectivity index (χ1v) is 8.54. The van der Waals surface area contributed by atoms with E-state index in [1.807, 2.05) is 21.6 Å². The van der Waals surface area contributed by atoms with E-state index in [9.17, 15) is 9.59 Å². The minimum absolute atomic E-state index is 0.0431. The van der Waals surface area contributed by atoms with Crippen LogP contribution >= 0.6 is 11.8 Å². The quantitative estimate of drug-likeness (QED) is 0.854. The minimum atomic E-state index is -0.942. The topological polar surface area (TPSA) is 70.1 Å². The molecule has 1 N–H and O–H groups in total. The third-order valence-electron chi connectivity index (χ3n) is 4.28. The maximum absolute atomic E-state index is 12.6. The number of piperidine rings is 1. The van der Waals surface area contributed by atoms with Gasteiger partial charge in [0, 0.05) is 36.7 Å². The number of carbonyl (C=O) groups excluding carboxylic acids is 1. The lowest BCUT2D eigenvalue weighted by molar-refractivity contribution is -0.145. The standard InChI is InChI=1S/C14H24N2O4S/c1-10-11(2)21-8-7-16(10)14(19)15-5-3-12(4-6-15)20-9-13(17)18/h10-12H,3-9H2,1-2H3,(H,17,18). The molecule has 2 atom stereocenters. The van der Waals surface area contributed by atoms with Gasteiger partial charge >= 0.3 is 12.0 Å². The average molecular weight is 316 g/mol. The SMILES string of the molecule is CC1SCCN(C(=O)N2CCC(OCC(=O)O)CC2)C1C. The molecule has 0 aromatic carbocycles. The maximum atomic E-state index is 12.6. The van der Waals surface area contributed by atoms with E-state index in [2.05, 4.69) is 13.8 Å². The van der Waals surface area contributed by atoms with E-state index in [0.29, 0.717) is 31.2 Å². The zero-order valence-corrected chi connectivity index (χ0v) is 13.5. The molecule has 0 aromatic rings. The highest BCUT2D eigenvalue weighted by Gasteiger charge is 2.33. The van der Waals surface area contributed by atoms with Crippen LogP contribution in [0.25, 0.3) is 0 Å². The van der Waals surface area contributed by atoms with E-state index in [4.69, 9.17) is 9.84 Å². The molecule has 2 unspecified atom stereocenters. The molecular weight excluding hydrogens is 292 g/mol. The molecule has 2 rings (SSSR count). The second kappa shape index (κ2) is 7.35. The summed E-state index contributed by atoms with van der Waals surface area (Å²) in [5.74, 6) is 0.0530. The lowest BCUT2D eigenvalue weighted by Crippen LogP contribution is -2.55. The number of amides is 2. The number of carboxylic acids is 1. The molecule has 0 aliphatic carbocycles. The van der Waals surface area contributed by atoms with Gasteiger partial charge in [-0.2, -0.15) is 11.8 Å². The third kappa shape index (κ3) is 4.26. The molecule has 2 fully saturated rings. The van der Waals surface area contributed by atoms with Crippen LogP contribution in [0, 0.1) is 0 Å². The predicted octanol–water partition coefficient (Wildman–Crippen LogP) is 1.50. The average Bonchev–Trinajstić information content (AvgIpc) is 2.48. The van der Waals surface area contributed by atoms with Crippen LogP contribution in [0.1, 0.15) is 26.7 Å². The van der Waals surface area contributed by atoms with E-state index in [-0.39, 0.29) is 24.8 Å². The molecule has 0 radical (unpaired) electrons. The maximum Gasteiger partial charge on any atom is 0.329 e. The number of likely N-dealkylation sites (tertiary alicyclic amines) is 1. The van der Waals surface area contributed by atoms with E-state index in [1.54, 1.807) is 0 Å². The zero-order valence-electron chi connectivity index (χ0n) is 12.7. The van der Waals surface area contributed by atoms with Gasteiger partial charge in [0.15, 0.2) is 0 Å². The first-order valence-electron chi connectivity index (χ1n) is 7.49. The molecule has 21 heavy (non-hydrogen) atoms. The summed E-state index contributed by atoms with van der Waals surface area (Å²) < 4.78 is 5.30. The Bertz CT molecular complexity index is 385. The van der Waals surface area contributed by atoms with Gasteiger partial charge in [0.1, 0.15) is 6.61 Å². The summed E-state index contributed by atoms with van der Waals surface area (Å²) in [7, 11) is 0. The van der Waals surface area contributed by atoms with Gasteiger partial charge in [-0.15, -0.1) is 0 Å². The molecule has 7 heteroatoms. The Hall–Kier alpha value is -0.950. The second-order valence-electron chi connectivity index (χ2n) is 5.68. The highest BCUT2D eigenvalue weighted by Crippen LogP contribution is 2.26. The lowest BCUT2D eigenvalue weighted by Gasteiger charge is -2.42. The number of hydrogen-bond acceptors (Lipinski definition) is 4. The summed E-state index contributed by atoms with van der Waals surface area (Å²) in [5, 5.41) is 9.08. The van der Waals surface area contributed by atoms with Gasteiger partial charge in [-0.3, -0.25) is 0 Å². The largest absolute Gasteiger partial charge is 0.480 e. The molecular formula is C14H24N2O4S. The Kier molecular flexibility index (Phi) is 5.75. The Balaban J connectivity index is 1.81. The first kappa shape index (κ1) is 16.4. The summed E-state index contributed by atoms with van der Waals surface area (Å²) >= 11 is 1.92. The van der Waals surface area contributed by atoms with Crippen LogP contribution in [0.4, 0.5) is 4.79 Å². The predicted molar refractivity (Wildman–Crippen MR) is 81.7 cm³/mol. The number of rotatable bonds is 3. The number of ether oxygens (including phenoxy) is 1. The number of carbonyl (C=O) groups is 2. The van der Waals surface area contributed by atoms with Crippen molar-refractivity contribution in [1.82, 2.24) is 9.80 Å². The highest BCUT2D eigenvalue weighted by atomic mass is 32.2. The van der Waals surface area contributed by atoms with E-state index >= 15 is 0 Å². The van der Waals surface area contributed by atoms with Gasteiger partial charge in [-0.25, -0.2) is 9.59 Å². The van der Waals surface area contributed by atoms with Gasteiger partial charge in [0.05, 0.1) is 6.10 Å². The fourth-order valence-electron chi connectivity index (χ4n) is 2.79. The normalized spacial score (nSPS) is 27.7. The molecule has 2 aliphatic heterocycles. The zero-order chi connectivity index (χ0) is 15.4. The van der Waals surface area contributed by atoms with Crippen molar-refractivity contribution in [3.05, 3.63) is 0 Å². The van der Waals surface area contributed by atoms with Crippen LogP contribution < -0.4 is 0 Å². The fraction of sp³-hybridized carbons (Fsp3) is 0.857. The second-order valence-corrected chi connectivity index (χ2v) is 7.17. The fourth-order valence-corrected chi connectivity index (χ4v) is 3.89. The summed E-state index contributed by atoms with van der Waals surface area (Å²) in [6.45, 7) is 6.13. The van der Waals surface area contributed by atoms with Crippen molar-refractivity contribution >= 4 is 23.8 Å². The summed E-state index contributed by atoms with van der Waals surface area (Å²) in [6.07, 6.45) is 1.38. The number of hydrogen-bond donors (Lipinski definition) is 1. The van der Waals surface area contributed by atoms with Crippen molar-refractivity contribution in [3.8, 4) is 0 Å². The van der Waals surface area contributed by atoms with Crippen LogP contribution in [0.5, 0.6) is 0 Å². The van der Waals surface area contributed by atoms with Crippen LogP contribution in [0.3, 0.4) is 0 Å². The number of carboxylic acid groups (broad SMARTS) is 1. The first-order chi connectivity index (χ1) is 9.99. The van der Waals surface area contributed by atoms with Crippen molar-refractivity contribution in [2.75, 3.05) is 32.0 Å². The van der Waals surface area contributed by atoms with Gasteiger partial charge in [-0.05, 0) is 19.8 Å². The lowest BCUT2D eigenvalue weighted by atomic mass is 10.1. The highest BCUT2D eigenvalue weighted by molar-refractivity contribution is 8.00. The molecule has 2 amide bonds. The van der Waals surface area contributed by atoms with Crippen molar-refractivity contribution in [1.29, 1.82) is 0 Å². The summed E-state index contributed by atoms with van der Waals surface area (Å²) in [5.41, 5.74) is 0. The smallest absolute Gasteiger partial charge is 0.329 e. The summed E-state index contributed by atoms with van der Waals surface area (Å²) in [6, 6.07) is 0.378. The summed E-state index contributed by atoms with van der Waals surface area (Å²) in [4.78, 5) is 26.9. The molecule has 6 nitrogen and oxygen atoms in total. The Morgan fingerprint density at radius 3 is 2.52 bits per heavy atom. The Morgan fingerprint density at radius 1 is 1.24 bits per heavy atom. The molecule has 0 aromatic heterocycles. The van der Waals surface area contributed by atoms with Gasteiger partial charge in [0.2, 0.25) is 0 Å². The number of urea groups is 1. The van der Waals surface area contributed by atoms with Crippen molar-refractivity contribution in [2.45, 2.75) is 44.1 Å². The number of nitrogens with zero attached hydrogens (tertiary/aromatic N) is 2. The monoisotopic (exact) mass is 316 g/mol. The van der Waals surface area contributed by atoms with E-state index < -0.39 is 5.97 Å². The number of thioether (sulfide) groups is 1. The molecule has 0 spiro atoms. The molecule has 2 aliphatic rings. The van der Waals surface area contributed by atoms with Crippen molar-refractivity contribution in [3.63, 3.8) is 0 Å². The third-order valence-corrected chi connectivity index (χ3v) is 5.62. The molecule has 2 saturated heterocycles. The molecule has 120 valence electrons. The molecule has 0 bridgehead atoms.